The Morgan fingerprint density at radius 2 is 1.97 bits per heavy atom. The summed E-state index contributed by atoms with van der Waals surface area (Å²) in [5, 5.41) is 8.05. The van der Waals surface area contributed by atoms with Crippen LogP contribution in [0.2, 0.25) is 0 Å². The third-order valence-electron chi connectivity index (χ3n) is 4.64. The summed E-state index contributed by atoms with van der Waals surface area (Å²) >= 11 is 0. The number of anilines is 1. The number of pyridine rings is 1. The quantitative estimate of drug-likeness (QED) is 0.414. The third kappa shape index (κ3) is 5.07. The normalized spacial score (nSPS) is 11.0. The van der Waals surface area contributed by atoms with Gasteiger partial charge in [-0.25, -0.2) is 9.78 Å². The topological polar surface area (TPSA) is 105 Å². The molecule has 0 unspecified atom stereocenters. The zero-order chi connectivity index (χ0) is 22.4. The van der Waals surface area contributed by atoms with Crippen molar-refractivity contribution >= 4 is 28.6 Å². The van der Waals surface area contributed by atoms with Gasteiger partial charge in [0.25, 0.3) is 5.91 Å². The second kappa shape index (κ2) is 10.1. The molecule has 2 heterocycles. The first-order valence-corrected chi connectivity index (χ1v) is 9.95. The summed E-state index contributed by atoms with van der Waals surface area (Å²) in [7, 11) is 1.55. The van der Waals surface area contributed by atoms with Crippen molar-refractivity contribution in [1.29, 1.82) is 0 Å². The lowest BCUT2D eigenvalue weighted by Gasteiger charge is -2.13. The van der Waals surface area contributed by atoms with Crippen molar-refractivity contribution in [3.63, 3.8) is 0 Å². The number of nitrogens with one attached hydrogen (secondary N) is 1. The van der Waals surface area contributed by atoms with Gasteiger partial charge in [0, 0.05) is 12.5 Å². The van der Waals surface area contributed by atoms with E-state index in [0.29, 0.717) is 12.4 Å². The van der Waals surface area contributed by atoms with Gasteiger partial charge in [-0.1, -0.05) is 18.2 Å². The van der Waals surface area contributed by atoms with Crippen molar-refractivity contribution in [2.45, 2.75) is 20.8 Å². The van der Waals surface area contributed by atoms with Crippen molar-refractivity contribution in [3.8, 4) is 5.82 Å². The number of carbonyl (C=O) groups is 2. The average molecular weight is 426 g/mol. The zero-order valence-corrected chi connectivity index (χ0v) is 18.1. The molecule has 9 nitrogen and oxygen atoms in total. The van der Waals surface area contributed by atoms with Crippen LogP contribution in [0.4, 0.5) is 5.82 Å². The van der Waals surface area contributed by atoms with Gasteiger partial charge < -0.3 is 19.5 Å². The van der Waals surface area contributed by atoms with Crippen LogP contribution in [0.25, 0.3) is 16.7 Å². The Hall–Kier alpha value is -3.30. The number of aromatic nitrogens is 3. The van der Waals surface area contributed by atoms with Crippen LogP contribution in [0.1, 0.15) is 28.4 Å². The number of para-hydroxylation sites is 1. The number of rotatable bonds is 9. The molecule has 1 aromatic carbocycles. The summed E-state index contributed by atoms with van der Waals surface area (Å²) in [5.41, 5.74) is 2.97. The molecule has 2 aromatic heterocycles. The number of methoxy groups -OCH3 is 1. The molecule has 0 aliphatic rings. The van der Waals surface area contributed by atoms with Crippen LogP contribution in [-0.2, 0) is 19.0 Å². The number of aryl methyl sites for hydroxylation is 2. The number of esters is 1. The highest BCUT2D eigenvalue weighted by Gasteiger charge is 2.22. The van der Waals surface area contributed by atoms with Crippen LogP contribution < -0.4 is 5.32 Å². The van der Waals surface area contributed by atoms with E-state index in [2.05, 4.69) is 10.4 Å². The molecule has 0 atom stereocenters. The molecular formula is C22H26N4O5. The highest BCUT2D eigenvalue weighted by Crippen LogP contribution is 2.26. The SMILES string of the molecule is CCOC(=O)c1cnn(-c2cc(C)c3cccc(C)c3n2)c1NC(=O)COCCOC. The van der Waals surface area contributed by atoms with E-state index < -0.39 is 11.9 Å². The Balaban J connectivity index is 2.00. The van der Waals surface area contributed by atoms with Gasteiger partial charge in [-0.3, -0.25) is 4.79 Å². The highest BCUT2D eigenvalue weighted by molar-refractivity contribution is 6.01. The van der Waals surface area contributed by atoms with Crippen molar-refractivity contribution in [3.05, 3.63) is 47.2 Å². The summed E-state index contributed by atoms with van der Waals surface area (Å²) < 4.78 is 16.7. The highest BCUT2D eigenvalue weighted by atomic mass is 16.5. The first-order chi connectivity index (χ1) is 15.0. The molecule has 0 bridgehead atoms. The number of hydrogen-bond acceptors (Lipinski definition) is 7. The van der Waals surface area contributed by atoms with Gasteiger partial charge >= 0.3 is 5.97 Å². The average Bonchev–Trinajstić information content (AvgIpc) is 3.15. The summed E-state index contributed by atoms with van der Waals surface area (Å²) in [6, 6.07) is 7.82. The first-order valence-electron chi connectivity index (χ1n) is 9.95. The van der Waals surface area contributed by atoms with Crippen LogP contribution in [0.5, 0.6) is 0 Å². The molecule has 0 radical (unpaired) electrons. The van der Waals surface area contributed by atoms with E-state index in [-0.39, 0.29) is 31.2 Å². The summed E-state index contributed by atoms with van der Waals surface area (Å²) in [5.74, 6) is -0.362. The van der Waals surface area contributed by atoms with Gasteiger partial charge in [-0.2, -0.15) is 9.78 Å². The minimum Gasteiger partial charge on any atom is -0.462 e. The molecule has 164 valence electrons. The Labute approximate surface area is 180 Å². The molecule has 3 rings (SSSR count). The van der Waals surface area contributed by atoms with E-state index in [1.54, 1.807) is 14.0 Å². The lowest BCUT2D eigenvalue weighted by molar-refractivity contribution is -0.121. The van der Waals surface area contributed by atoms with E-state index >= 15 is 0 Å². The minimum absolute atomic E-state index is 0.136. The van der Waals surface area contributed by atoms with Gasteiger partial charge in [-0.15, -0.1) is 0 Å². The number of carbonyl (C=O) groups excluding carboxylic acids is 2. The Morgan fingerprint density at radius 3 is 2.71 bits per heavy atom. The Kier molecular flexibility index (Phi) is 7.32. The Bertz CT molecular complexity index is 1090. The molecule has 3 aromatic rings. The standard InChI is InChI=1S/C22H26N4O5/c1-5-31-22(28)17-12-23-26(21(17)25-19(27)13-30-10-9-29-4)18-11-15(3)16-8-6-7-14(2)20(16)24-18/h6-8,11-12H,5,9-10,13H2,1-4H3,(H,25,27). The zero-order valence-electron chi connectivity index (χ0n) is 18.1. The second-order valence-electron chi connectivity index (χ2n) is 6.90. The maximum Gasteiger partial charge on any atom is 0.343 e. The Morgan fingerprint density at radius 1 is 1.16 bits per heavy atom. The first kappa shape index (κ1) is 22.4. The molecule has 9 heteroatoms. The van der Waals surface area contributed by atoms with Crippen LogP contribution in [-0.4, -0.2) is 60.2 Å². The van der Waals surface area contributed by atoms with E-state index in [1.165, 1.54) is 10.9 Å². The lowest BCUT2D eigenvalue weighted by atomic mass is 10.1. The van der Waals surface area contributed by atoms with Crippen LogP contribution in [0.3, 0.4) is 0 Å². The van der Waals surface area contributed by atoms with Gasteiger partial charge in [-0.05, 0) is 38.0 Å². The fraction of sp³-hybridized carbons (Fsp3) is 0.364. The summed E-state index contributed by atoms with van der Waals surface area (Å²) in [6.45, 7) is 6.32. The van der Waals surface area contributed by atoms with E-state index in [9.17, 15) is 9.59 Å². The monoisotopic (exact) mass is 426 g/mol. The van der Waals surface area contributed by atoms with E-state index in [1.807, 2.05) is 38.1 Å². The second-order valence-corrected chi connectivity index (χ2v) is 6.90. The fourth-order valence-corrected chi connectivity index (χ4v) is 3.13. The summed E-state index contributed by atoms with van der Waals surface area (Å²) in [4.78, 5) is 29.6. The maximum atomic E-state index is 12.4. The predicted molar refractivity (Wildman–Crippen MR) is 116 cm³/mol. The van der Waals surface area contributed by atoms with E-state index in [0.717, 1.165) is 22.0 Å². The number of fused-ring (bicyclic) bond motifs is 1. The van der Waals surface area contributed by atoms with Gasteiger partial charge in [0.1, 0.15) is 12.2 Å². The fourth-order valence-electron chi connectivity index (χ4n) is 3.13. The predicted octanol–water partition coefficient (Wildman–Crippen LogP) is 2.82. The number of ether oxygens (including phenoxy) is 3. The lowest BCUT2D eigenvalue weighted by Crippen LogP contribution is -2.23. The molecule has 0 aliphatic heterocycles. The number of amides is 1. The van der Waals surface area contributed by atoms with Crippen molar-refractivity contribution in [1.82, 2.24) is 14.8 Å². The molecule has 0 saturated carbocycles. The van der Waals surface area contributed by atoms with Gasteiger partial charge in [0.15, 0.2) is 11.6 Å². The minimum atomic E-state index is -0.585. The van der Waals surface area contributed by atoms with Crippen LogP contribution in [0.15, 0.2) is 30.5 Å². The molecule has 0 spiro atoms. The van der Waals surface area contributed by atoms with Crippen LogP contribution in [0, 0.1) is 13.8 Å². The molecular weight excluding hydrogens is 400 g/mol. The smallest absolute Gasteiger partial charge is 0.343 e. The third-order valence-corrected chi connectivity index (χ3v) is 4.64. The maximum absolute atomic E-state index is 12.4. The van der Waals surface area contributed by atoms with Crippen molar-refractivity contribution < 1.29 is 23.8 Å². The molecule has 0 saturated heterocycles. The molecule has 31 heavy (non-hydrogen) atoms. The van der Waals surface area contributed by atoms with Gasteiger partial charge in [0.2, 0.25) is 0 Å². The van der Waals surface area contributed by atoms with E-state index in [4.69, 9.17) is 19.2 Å². The molecule has 1 N–H and O–H groups in total. The number of nitrogens with zero attached hydrogens (tertiary/aromatic N) is 3. The number of hydrogen-bond donors (Lipinski definition) is 1. The largest absolute Gasteiger partial charge is 0.462 e. The van der Waals surface area contributed by atoms with Gasteiger partial charge in [0.05, 0.1) is 31.5 Å². The van der Waals surface area contributed by atoms with Crippen LogP contribution >= 0.6 is 0 Å². The van der Waals surface area contributed by atoms with Crippen molar-refractivity contribution in [2.24, 2.45) is 0 Å². The molecule has 0 fully saturated rings. The van der Waals surface area contributed by atoms with Crippen molar-refractivity contribution in [2.75, 3.05) is 38.9 Å². The summed E-state index contributed by atoms with van der Waals surface area (Å²) in [6.07, 6.45) is 1.36. The molecule has 0 aliphatic carbocycles. The molecule has 1 amide bonds. The number of benzene rings is 1.